The van der Waals surface area contributed by atoms with E-state index in [1.807, 2.05) is 32.9 Å². The molecule has 8 nitrogen and oxygen atoms in total. The monoisotopic (exact) mass is 518 g/mol. The second-order valence-electron chi connectivity index (χ2n) is 8.82. The number of anilines is 1. The van der Waals surface area contributed by atoms with Crippen molar-refractivity contribution in [1.29, 1.82) is 0 Å². The maximum absolute atomic E-state index is 13.9. The quantitative estimate of drug-likeness (QED) is 0.311. The van der Waals surface area contributed by atoms with E-state index in [0.717, 1.165) is 22.5 Å². The largest absolute Gasteiger partial charge is 0.494 e. The third-order valence-corrected chi connectivity index (χ3v) is 7.58. The molecular formula is C28H26N2O6S. The van der Waals surface area contributed by atoms with E-state index in [1.165, 1.54) is 4.90 Å². The summed E-state index contributed by atoms with van der Waals surface area (Å²) in [6.07, 6.45) is 0. The summed E-state index contributed by atoms with van der Waals surface area (Å²) in [4.78, 5) is 46.5. The highest BCUT2D eigenvalue weighted by Gasteiger charge is 2.45. The minimum absolute atomic E-state index is 0.0230. The van der Waals surface area contributed by atoms with Crippen molar-refractivity contribution in [2.45, 2.75) is 40.7 Å². The smallest absolute Gasteiger partial charge is 0.350 e. The molecule has 0 bridgehead atoms. The van der Waals surface area contributed by atoms with Crippen molar-refractivity contribution in [3.63, 3.8) is 0 Å². The first-order chi connectivity index (χ1) is 17.7. The number of carbonyl (C=O) groups excluding carboxylic acids is 2. The van der Waals surface area contributed by atoms with Crippen molar-refractivity contribution in [2.24, 2.45) is 0 Å². The number of carbonyl (C=O) groups is 2. The summed E-state index contributed by atoms with van der Waals surface area (Å²) in [5.74, 6) is -0.342. The number of ether oxygens (including phenoxy) is 2. The van der Waals surface area contributed by atoms with Crippen LogP contribution in [0.2, 0.25) is 0 Å². The van der Waals surface area contributed by atoms with Gasteiger partial charge in [0.15, 0.2) is 10.6 Å². The number of amides is 1. The van der Waals surface area contributed by atoms with Crippen LogP contribution in [-0.2, 0) is 4.74 Å². The number of hydrogen-bond donors (Lipinski definition) is 0. The van der Waals surface area contributed by atoms with Gasteiger partial charge in [0.05, 0.1) is 35.9 Å². The summed E-state index contributed by atoms with van der Waals surface area (Å²) in [6, 6.07) is 10.0. The van der Waals surface area contributed by atoms with E-state index in [-0.39, 0.29) is 28.5 Å². The predicted molar refractivity (Wildman–Crippen MR) is 141 cm³/mol. The standard InChI is InChI=1S/C28H26N2O6S/c1-6-34-18-10-8-17(9-11-18)22-21-23(31)19-12-14(3)15(4)13-20(19)36-24(21)26(32)30(22)28-29-16(5)25(37-28)27(33)35-7-2/h8-13,22H,6-7H2,1-5H3. The predicted octanol–water partition coefficient (Wildman–Crippen LogP) is 5.50. The molecule has 2 aromatic heterocycles. The molecular weight excluding hydrogens is 492 g/mol. The van der Waals surface area contributed by atoms with E-state index in [4.69, 9.17) is 13.9 Å². The van der Waals surface area contributed by atoms with Crippen LogP contribution < -0.4 is 15.1 Å². The molecule has 9 heteroatoms. The van der Waals surface area contributed by atoms with Crippen molar-refractivity contribution in [3.8, 4) is 5.75 Å². The van der Waals surface area contributed by atoms with E-state index < -0.39 is 17.9 Å². The molecule has 0 aliphatic carbocycles. The molecule has 4 aromatic rings. The van der Waals surface area contributed by atoms with Gasteiger partial charge in [-0.1, -0.05) is 23.5 Å². The Balaban J connectivity index is 1.73. The third-order valence-electron chi connectivity index (χ3n) is 6.45. The van der Waals surface area contributed by atoms with Crippen LogP contribution in [-0.4, -0.2) is 30.1 Å². The molecule has 1 aliphatic heterocycles. The molecule has 1 amide bonds. The summed E-state index contributed by atoms with van der Waals surface area (Å²) in [5.41, 5.74) is 3.38. The number of rotatable bonds is 6. The molecule has 0 N–H and O–H groups in total. The zero-order valence-electron chi connectivity index (χ0n) is 21.2. The highest BCUT2D eigenvalue weighted by molar-refractivity contribution is 7.17. The van der Waals surface area contributed by atoms with Gasteiger partial charge in [0.25, 0.3) is 5.91 Å². The molecule has 0 fully saturated rings. The van der Waals surface area contributed by atoms with Crippen LogP contribution in [0.25, 0.3) is 11.0 Å². The molecule has 0 saturated carbocycles. The summed E-state index contributed by atoms with van der Waals surface area (Å²) >= 11 is 1.05. The maximum Gasteiger partial charge on any atom is 0.350 e. The van der Waals surface area contributed by atoms with Crippen LogP contribution in [0, 0.1) is 20.8 Å². The van der Waals surface area contributed by atoms with Crippen molar-refractivity contribution >= 4 is 39.3 Å². The van der Waals surface area contributed by atoms with Crippen LogP contribution in [0.4, 0.5) is 5.13 Å². The fourth-order valence-corrected chi connectivity index (χ4v) is 5.51. The number of aryl methyl sites for hydroxylation is 3. The topological polar surface area (TPSA) is 98.9 Å². The SMILES string of the molecule is CCOC(=O)c1sc(N2C(=O)c3oc4cc(C)c(C)cc4c(=O)c3C2c2ccc(OCC)cc2)nc1C. The van der Waals surface area contributed by atoms with Gasteiger partial charge >= 0.3 is 5.97 Å². The van der Waals surface area contributed by atoms with Crippen molar-refractivity contribution in [1.82, 2.24) is 4.98 Å². The Kier molecular flexibility index (Phi) is 6.33. The lowest BCUT2D eigenvalue weighted by molar-refractivity contribution is 0.0531. The molecule has 0 radical (unpaired) electrons. The number of thiazole rings is 1. The van der Waals surface area contributed by atoms with Gasteiger partial charge in [-0.25, -0.2) is 9.78 Å². The lowest BCUT2D eigenvalue weighted by Crippen LogP contribution is -2.29. The van der Waals surface area contributed by atoms with Gasteiger partial charge in [-0.3, -0.25) is 14.5 Å². The molecule has 1 unspecified atom stereocenters. The van der Waals surface area contributed by atoms with Gasteiger partial charge in [-0.15, -0.1) is 0 Å². The molecule has 190 valence electrons. The Labute approximate surface area is 217 Å². The van der Waals surface area contributed by atoms with Gasteiger partial charge in [0.2, 0.25) is 5.76 Å². The van der Waals surface area contributed by atoms with Crippen LogP contribution in [0.5, 0.6) is 5.75 Å². The third kappa shape index (κ3) is 4.09. The summed E-state index contributed by atoms with van der Waals surface area (Å²) in [6.45, 7) is 9.90. The van der Waals surface area contributed by atoms with Gasteiger partial charge in [0, 0.05) is 0 Å². The highest BCUT2D eigenvalue weighted by Crippen LogP contribution is 2.43. The van der Waals surface area contributed by atoms with E-state index in [9.17, 15) is 14.4 Å². The minimum atomic E-state index is -0.791. The first-order valence-corrected chi connectivity index (χ1v) is 12.9. The van der Waals surface area contributed by atoms with Crippen LogP contribution in [0.15, 0.2) is 45.6 Å². The second kappa shape index (κ2) is 9.48. The van der Waals surface area contributed by atoms with Gasteiger partial charge in [-0.05, 0) is 75.6 Å². The van der Waals surface area contributed by atoms with Crippen LogP contribution >= 0.6 is 11.3 Å². The molecule has 2 aromatic carbocycles. The Hall–Kier alpha value is -3.98. The fraction of sp³-hybridized carbons (Fsp3) is 0.286. The van der Waals surface area contributed by atoms with Crippen molar-refractivity contribution in [3.05, 3.63) is 85.2 Å². The van der Waals surface area contributed by atoms with Crippen LogP contribution in [0.1, 0.15) is 68.1 Å². The molecule has 1 atom stereocenters. The fourth-order valence-electron chi connectivity index (χ4n) is 4.52. The first-order valence-electron chi connectivity index (χ1n) is 12.0. The Bertz CT molecular complexity index is 1600. The average Bonchev–Trinajstić information content (AvgIpc) is 3.39. The molecule has 0 spiro atoms. The molecule has 3 heterocycles. The van der Waals surface area contributed by atoms with E-state index in [2.05, 4.69) is 4.98 Å². The first kappa shape index (κ1) is 24.7. The number of esters is 1. The normalized spacial score (nSPS) is 14.8. The van der Waals surface area contributed by atoms with E-state index in [0.29, 0.717) is 39.5 Å². The van der Waals surface area contributed by atoms with Crippen molar-refractivity contribution < 1.29 is 23.5 Å². The van der Waals surface area contributed by atoms with Gasteiger partial charge in [-0.2, -0.15) is 0 Å². The Morgan fingerprint density at radius 3 is 2.43 bits per heavy atom. The van der Waals surface area contributed by atoms with Gasteiger partial charge < -0.3 is 13.9 Å². The highest BCUT2D eigenvalue weighted by atomic mass is 32.1. The van der Waals surface area contributed by atoms with Gasteiger partial charge in [0.1, 0.15) is 16.2 Å². The number of hydrogen-bond acceptors (Lipinski definition) is 8. The zero-order valence-corrected chi connectivity index (χ0v) is 22.0. The summed E-state index contributed by atoms with van der Waals surface area (Å²) < 4.78 is 16.8. The van der Waals surface area contributed by atoms with Crippen molar-refractivity contribution in [2.75, 3.05) is 18.1 Å². The number of benzene rings is 2. The average molecular weight is 519 g/mol. The zero-order chi connectivity index (χ0) is 26.4. The Morgan fingerprint density at radius 1 is 1.05 bits per heavy atom. The Morgan fingerprint density at radius 2 is 1.76 bits per heavy atom. The lowest BCUT2D eigenvalue weighted by Gasteiger charge is -2.22. The maximum atomic E-state index is 13.9. The second-order valence-corrected chi connectivity index (χ2v) is 9.80. The van der Waals surface area contributed by atoms with Crippen LogP contribution in [0.3, 0.4) is 0 Å². The number of fused-ring (bicyclic) bond motifs is 2. The lowest BCUT2D eigenvalue weighted by atomic mass is 9.97. The molecule has 5 rings (SSSR count). The molecule has 1 aliphatic rings. The minimum Gasteiger partial charge on any atom is -0.494 e. The number of aromatic nitrogens is 1. The summed E-state index contributed by atoms with van der Waals surface area (Å²) in [7, 11) is 0. The molecule has 37 heavy (non-hydrogen) atoms. The summed E-state index contributed by atoms with van der Waals surface area (Å²) in [5, 5.41) is 0.696. The van der Waals surface area contributed by atoms with E-state index >= 15 is 0 Å². The molecule has 0 saturated heterocycles. The van der Waals surface area contributed by atoms with E-state index in [1.54, 1.807) is 38.1 Å². The number of nitrogens with zero attached hydrogens (tertiary/aromatic N) is 2.